The third kappa shape index (κ3) is 5.11. The smallest absolute Gasteiger partial charge is 0.123 e. The second kappa shape index (κ2) is 8.81. The maximum absolute atomic E-state index is 6.11. The Balaban J connectivity index is 2.71. The van der Waals surface area contributed by atoms with Gasteiger partial charge in [0, 0.05) is 12.1 Å². The molecule has 19 heavy (non-hydrogen) atoms. The lowest BCUT2D eigenvalue weighted by atomic mass is 10.0. The predicted molar refractivity (Wildman–Crippen MR) is 80.1 cm³/mol. The average molecular weight is 265 g/mol. The zero-order chi connectivity index (χ0) is 14.1. The van der Waals surface area contributed by atoms with Crippen molar-refractivity contribution in [3.63, 3.8) is 0 Å². The molecule has 0 saturated carbocycles. The minimum absolute atomic E-state index is 0.196. The summed E-state index contributed by atoms with van der Waals surface area (Å²) in [5.41, 5.74) is 0. The fourth-order valence-electron chi connectivity index (χ4n) is 2.26. The first-order valence-electron chi connectivity index (χ1n) is 7.31. The van der Waals surface area contributed by atoms with E-state index in [-0.39, 0.29) is 6.10 Å². The van der Waals surface area contributed by atoms with Crippen LogP contribution in [0.2, 0.25) is 0 Å². The maximum Gasteiger partial charge on any atom is 0.123 e. The van der Waals surface area contributed by atoms with Gasteiger partial charge in [0.05, 0.1) is 6.61 Å². The molecule has 1 aromatic rings. The quantitative estimate of drug-likeness (QED) is 0.739. The van der Waals surface area contributed by atoms with Gasteiger partial charge < -0.3 is 14.8 Å². The van der Waals surface area contributed by atoms with Crippen LogP contribution < -0.4 is 14.8 Å². The zero-order valence-electron chi connectivity index (χ0n) is 12.6. The first-order chi connectivity index (χ1) is 9.24. The highest BCUT2D eigenvalue weighted by Gasteiger charge is 2.19. The van der Waals surface area contributed by atoms with Gasteiger partial charge in [0.2, 0.25) is 0 Å². The van der Waals surface area contributed by atoms with Gasteiger partial charge in [0.1, 0.15) is 17.6 Å². The molecular formula is C16H27NO2. The number of hydrogen-bond acceptors (Lipinski definition) is 3. The molecule has 0 aliphatic rings. The number of hydrogen-bond donors (Lipinski definition) is 1. The van der Waals surface area contributed by atoms with Crippen LogP contribution in [0.5, 0.6) is 11.5 Å². The van der Waals surface area contributed by atoms with Crippen molar-refractivity contribution < 1.29 is 9.47 Å². The van der Waals surface area contributed by atoms with Gasteiger partial charge in [-0.25, -0.2) is 0 Å². The Hall–Kier alpha value is -1.22. The molecule has 0 amide bonds. The summed E-state index contributed by atoms with van der Waals surface area (Å²) in [6.45, 7) is 7.03. The van der Waals surface area contributed by atoms with Crippen LogP contribution in [-0.4, -0.2) is 25.8 Å². The van der Waals surface area contributed by atoms with Gasteiger partial charge in [-0.3, -0.25) is 0 Å². The van der Waals surface area contributed by atoms with Crippen molar-refractivity contribution in [2.24, 2.45) is 0 Å². The summed E-state index contributed by atoms with van der Waals surface area (Å²) in [6, 6.07) is 8.28. The number of ether oxygens (including phenoxy) is 2. The van der Waals surface area contributed by atoms with Crippen LogP contribution in [0.1, 0.15) is 40.0 Å². The van der Waals surface area contributed by atoms with E-state index in [1.54, 1.807) is 0 Å². The molecule has 2 unspecified atom stereocenters. The van der Waals surface area contributed by atoms with Crippen LogP contribution in [0.15, 0.2) is 24.3 Å². The minimum Gasteiger partial charge on any atom is -0.494 e. The number of rotatable bonds is 9. The second-order valence-corrected chi connectivity index (χ2v) is 4.66. The second-order valence-electron chi connectivity index (χ2n) is 4.66. The Labute approximate surface area is 117 Å². The highest BCUT2D eigenvalue weighted by Crippen LogP contribution is 2.22. The van der Waals surface area contributed by atoms with Crippen molar-refractivity contribution in [2.75, 3.05) is 13.7 Å². The summed E-state index contributed by atoms with van der Waals surface area (Å²) in [6.07, 6.45) is 3.47. The summed E-state index contributed by atoms with van der Waals surface area (Å²) in [7, 11) is 2.00. The molecule has 3 nitrogen and oxygen atoms in total. The summed E-state index contributed by atoms with van der Waals surface area (Å²) in [5.74, 6) is 1.75. The van der Waals surface area contributed by atoms with Gasteiger partial charge in [0.15, 0.2) is 0 Å². The van der Waals surface area contributed by atoms with E-state index in [0.29, 0.717) is 12.6 Å². The van der Waals surface area contributed by atoms with Crippen LogP contribution in [0.25, 0.3) is 0 Å². The van der Waals surface area contributed by atoms with Crippen molar-refractivity contribution in [1.82, 2.24) is 5.32 Å². The Morgan fingerprint density at radius 2 is 1.89 bits per heavy atom. The van der Waals surface area contributed by atoms with Crippen molar-refractivity contribution in [1.29, 1.82) is 0 Å². The molecule has 2 atom stereocenters. The molecule has 0 aliphatic heterocycles. The Kier molecular flexibility index (Phi) is 7.34. The molecule has 0 radical (unpaired) electrons. The molecule has 0 bridgehead atoms. The summed E-state index contributed by atoms with van der Waals surface area (Å²) >= 11 is 0. The molecular weight excluding hydrogens is 238 g/mol. The number of benzene rings is 1. The topological polar surface area (TPSA) is 30.5 Å². The van der Waals surface area contributed by atoms with Crippen molar-refractivity contribution in [3.05, 3.63) is 24.3 Å². The largest absolute Gasteiger partial charge is 0.494 e. The van der Waals surface area contributed by atoms with Gasteiger partial charge >= 0.3 is 0 Å². The Morgan fingerprint density at radius 1 is 1.16 bits per heavy atom. The molecule has 0 saturated heterocycles. The highest BCUT2D eigenvalue weighted by atomic mass is 16.5. The molecule has 0 aromatic heterocycles. The first-order valence-corrected chi connectivity index (χ1v) is 7.31. The van der Waals surface area contributed by atoms with E-state index >= 15 is 0 Å². The van der Waals surface area contributed by atoms with Crippen molar-refractivity contribution in [2.45, 2.75) is 52.2 Å². The van der Waals surface area contributed by atoms with Gasteiger partial charge in [-0.05, 0) is 38.9 Å². The lowest BCUT2D eigenvalue weighted by molar-refractivity contribution is 0.146. The first kappa shape index (κ1) is 15.8. The summed E-state index contributed by atoms with van der Waals surface area (Å²) in [5, 5.41) is 3.36. The molecule has 0 heterocycles. The van der Waals surface area contributed by atoms with Crippen molar-refractivity contribution >= 4 is 0 Å². The third-order valence-electron chi connectivity index (χ3n) is 3.23. The van der Waals surface area contributed by atoms with E-state index in [1.165, 1.54) is 0 Å². The normalized spacial score (nSPS) is 13.9. The number of likely N-dealkylation sites (N-methyl/N-ethyl adjacent to an activating group) is 1. The van der Waals surface area contributed by atoms with Crippen LogP contribution >= 0.6 is 0 Å². The maximum atomic E-state index is 6.11. The highest BCUT2D eigenvalue weighted by molar-refractivity contribution is 5.33. The lowest BCUT2D eigenvalue weighted by Crippen LogP contribution is -2.40. The summed E-state index contributed by atoms with van der Waals surface area (Å²) in [4.78, 5) is 0. The summed E-state index contributed by atoms with van der Waals surface area (Å²) < 4.78 is 11.6. The molecule has 3 heteroatoms. The minimum atomic E-state index is 0.196. The van der Waals surface area contributed by atoms with E-state index in [0.717, 1.165) is 30.8 Å². The third-order valence-corrected chi connectivity index (χ3v) is 3.23. The molecule has 1 aromatic carbocycles. The van der Waals surface area contributed by atoms with Crippen molar-refractivity contribution in [3.8, 4) is 11.5 Å². The monoisotopic (exact) mass is 265 g/mol. The van der Waals surface area contributed by atoms with E-state index < -0.39 is 0 Å². The van der Waals surface area contributed by atoms with Gasteiger partial charge in [-0.2, -0.15) is 0 Å². The van der Waals surface area contributed by atoms with Crippen LogP contribution in [0.3, 0.4) is 0 Å². The SMILES string of the molecule is CCCC(NC)C(CC)Oc1cccc(OCC)c1. The van der Waals surface area contributed by atoms with Crippen LogP contribution in [0.4, 0.5) is 0 Å². The van der Waals surface area contributed by atoms with Crippen LogP contribution in [-0.2, 0) is 0 Å². The lowest BCUT2D eigenvalue weighted by Gasteiger charge is -2.26. The van der Waals surface area contributed by atoms with E-state index in [9.17, 15) is 0 Å². The van der Waals surface area contributed by atoms with E-state index in [4.69, 9.17) is 9.47 Å². The van der Waals surface area contributed by atoms with E-state index in [2.05, 4.69) is 19.2 Å². The fourth-order valence-corrected chi connectivity index (χ4v) is 2.26. The molecule has 1 N–H and O–H groups in total. The number of nitrogens with one attached hydrogen (secondary N) is 1. The molecule has 0 spiro atoms. The molecule has 1 rings (SSSR count). The molecule has 108 valence electrons. The molecule has 0 fully saturated rings. The van der Waals surface area contributed by atoms with Gasteiger partial charge in [-0.1, -0.05) is 26.3 Å². The fraction of sp³-hybridized carbons (Fsp3) is 0.625. The van der Waals surface area contributed by atoms with Gasteiger partial charge in [0.25, 0.3) is 0 Å². The Morgan fingerprint density at radius 3 is 2.47 bits per heavy atom. The van der Waals surface area contributed by atoms with Crippen LogP contribution in [0, 0.1) is 0 Å². The zero-order valence-corrected chi connectivity index (χ0v) is 12.6. The Bertz CT molecular complexity index is 354. The predicted octanol–water partition coefficient (Wildman–Crippen LogP) is 3.63. The van der Waals surface area contributed by atoms with Gasteiger partial charge in [-0.15, -0.1) is 0 Å². The molecule has 0 aliphatic carbocycles. The average Bonchev–Trinajstić information content (AvgIpc) is 2.43. The standard InChI is InChI=1S/C16H27NO2/c1-5-9-15(17-4)16(6-2)19-14-11-8-10-13(12-14)18-7-3/h8,10-12,15-17H,5-7,9H2,1-4H3. The van der Waals surface area contributed by atoms with E-state index in [1.807, 2.05) is 38.2 Å².